The van der Waals surface area contributed by atoms with Crippen molar-refractivity contribution in [1.29, 1.82) is 0 Å². The fourth-order valence-electron chi connectivity index (χ4n) is 3.83. The predicted molar refractivity (Wildman–Crippen MR) is 118 cm³/mol. The van der Waals surface area contributed by atoms with Crippen LogP contribution in [0.5, 0.6) is 0 Å². The van der Waals surface area contributed by atoms with Crippen LogP contribution in [0.1, 0.15) is 28.7 Å². The number of fused-ring (bicyclic) bond motifs is 3. The molecule has 1 aliphatic carbocycles. The SMILES string of the molecule is O=C(NCC(O)C(O)c1ccc(Br)cc1)OCC1c2ccccc2-c2ccccc21. The number of carbonyl (C=O) groups is 1. The number of amides is 1. The summed E-state index contributed by atoms with van der Waals surface area (Å²) in [7, 11) is 0. The molecule has 0 saturated heterocycles. The third-order valence-electron chi connectivity index (χ3n) is 5.38. The quantitative estimate of drug-likeness (QED) is 0.502. The second kappa shape index (κ2) is 9.00. The molecule has 154 valence electrons. The molecule has 1 amide bonds. The minimum Gasteiger partial charge on any atom is -0.449 e. The molecule has 3 aromatic rings. The number of aliphatic hydroxyl groups is 2. The van der Waals surface area contributed by atoms with E-state index in [1.54, 1.807) is 24.3 Å². The lowest BCUT2D eigenvalue weighted by molar-refractivity contribution is 0.0185. The van der Waals surface area contributed by atoms with E-state index in [1.165, 1.54) is 0 Å². The van der Waals surface area contributed by atoms with Crippen molar-refractivity contribution in [2.24, 2.45) is 0 Å². The Balaban J connectivity index is 1.33. The molecule has 30 heavy (non-hydrogen) atoms. The molecule has 0 spiro atoms. The number of benzene rings is 3. The van der Waals surface area contributed by atoms with E-state index in [-0.39, 0.29) is 19.1 Å². The van der Waals surface area contributed by atoms with Crippen LogP contribution in [0.3, 0.4) is 0 Å². The van der Waals surface area contributed by atoms with Gasteiger partial charge in [0.25, 0.3) is 0 Å². The fourth-order valence-corrected chi connectivity index (χ4v) is 4.10. The smallest absolute Gasteiger partial charge is 0.407 e. The number of aliphatic hydroxyl groups excluding tert-OH is 2. The molecule has 1 aliphatic rings. The van der Waals surface area contributed by atoms with Gasteiger partial charge in [0.2, 0.25) is 0 Å². The van der Waals surface area contributed by atoms with Crippen molar-refractivity contribution in [2.45, 2.75) is 18.1 Å². The molecular formula is C24H22BrNO4. The van der Waals surface area contributed by atoms with Crippen LogP contribution in [0, 0.1) is 0 Å². The zero-order valence-electron chi connectivity index (χ0n) is 16.2. The summed E-state index contributed by atoms with van der Waals surface area (Å²) in [6, 6.07) is 23.2. The topological polar surface area (TPSA) is 78.8 Å². The molecule has 2 atom stereocenters. The van der Waals surface area contributed by atoms with E-state index in [0.717, 1.165) is 26.7 Å². The van der Waals surface area contributed by atoms with Crippen molar-refractivity contribution >= 4 is 22.0 Å². The van der Waals surface area contributed by atoms with E-state index in [4.69, 9.17) is 4.74 Å². The highest BCUT2D eigenvalue weighted by Gasteiger charge is 2.29. The molecule has 3 N–H and O–H groups in total. The normalized spacial score (nSPS) is 14.5. The second-order valence-electron chi connectivity index (χ2n) is 7.27. The summed E-state index contributed by atoms with van der Waals surface area (Å²) in [6.45, 7) is 0.0825. The van der Waals surface area contributed by atoms with Crippen LogP contribution in [-0.4, -0.2) is 35.6 Å². The lowest BCUT2D eigenvalue weighted by Gasteiger charge is -2.19. The van der Waals surface area contributed by atoms with Gasteiger partial charge in [-0.1, -0.05) is 76.6 Å². The van der Waals surface area contributed by atoms with Gasteiger partial charge in [-0.3, -0.25) is 0 Å². The first-order chi connectivity index (χ1) is 14.5. The number of nitrogens with one attached hydrogen (secondary N) is 1. The van der Waals surface area contributed by atoms with Crippen LogP contribution in [-0.2, 0) is 4.74 Å². The van der Waals surface area contributed by atoms with Gasteiger partial charge in [0.15, 0.2) is 0 Å². The zero-order valence-corrected chi connectivity index (χ0v) is 17.7. The van der Waals surface area contributed by atoms with E-state index < -0.39 is 18.3 Å². The lowest BCUT2D eigenvalue weighted by atomic mass is 9.98. The maximum atomic E-state index is 12.2. The molecule has 0 fully saturated rings. The molecule has 0 bridgehead atoms. The Kier molecular flexibility index (Phi) is 6.18. The monoisotopic (exact) mass is 467 g/mol. The summed E-state index contributed by atoms with van der Waals surface area (Å²) >= 11 is 3.33. The van der Waals surface area contributed by atoms with Crippen LogP contribution in [0.2, 0.25) is 0 Å². The van der Waals surface area contributed by atoms with Gasteiger partial charge in [0, 0.05) is 16.9 Å². The average Bonchev–Trinajstić information content (AvgIpc) is 3.10. The standard InChI is InChI=1S/C24H22BrNO4/c25-16-11-9-15(10-12-16)23(28)22(27)13-26-24(29)30-14-21-19-7-3-1-5-17(19)18-6-2-4-8-20(18)21/h1-12,21-23,27-28H,13-14H2,(H,26,29). The minimum atomic E-state index is -1.15. The highest BCUT2D eigenvalue weighted by Crippen LogP contribution is 2.44. The van der Waals surface area contributed by atoms with Crippen molar-refractivity contribution in [1.82, 2.24) is 5.32 Å². The number of ether oxygens (including phenoxy) is 1. The van der Waals surface area contributed by atoms with Crippen LogP contribution < -0.4 is 5.32 Å². The van der Waals surface area contributed by atoms with Gasteiger partial charge in [-0.15, -0.1) is 0 Å². The number of rotatable bonds is 6. The lowest BCUT2D eigenvalue weighted by Crippen LogP contribution is -2.36. The maximum absolute atomic E-state index is 12.2. The Morgan fingerprint density at radius 3 is 2.10 bits per heavy atom. The highest BCUT2D eigenvalue weighted by molar-refractivity contribution is 9.10. The summed E-state index contributed by atoms with van der Waals surface area (Å²) in [5, 5.41) is 23.0. The Labute approximate surface area is 183 Å². The van der Waals surface area contributed by atoms with Gasteiger partial charge in [-0.05, 0) is 39.9 Å². The molecule has 0 heterocycles. The van der Waals surface area contributed by atoms with Crippen molar-refractivity contribution < 1.29 is 19.7 Å². The molecular weight excluding hydrogens is 446 g/mol. The largest absolute Gasteiger partial charge is 0.449 e. The Morgan fingerprint density at radius 1 is 0.933 bits per heavy atom. The van der Waals surface area contributed by atoms with E-state index in [0.29, 0.717) is 5.56 Å². The van der Waals surface area contributed by atoms with Gasteiger partial charge in [-0.2, -0.15) is 0 Å². The molecule has 3 aromatic carbocycles. The third-order valence-corrected chi connectivity index (χ3v) is 5.90. The van der Waals surface area contributed by atoms with Crippen LogP contribution in [0.15, 0.2) is 77.3 Å². The number of hydrogen-bond donors (Lipinski definition) is 3. The summed E-state index contributed by atoms with van der Waals surface area (Å²) in [5.74, 6) is -0.0265. The molecule has 0 aliphatic heterocycles. The Hall–Kier alpha value is -2.67. The van der Waals surface area contributed by atoms with Gasteiger partial charge >= 0.3 is 6.09 Å². The van der Waals surface area contributed by atoms with E-state index >= 15 is 0 Å². The summed E-state index contributed by atoms with van der Waals surface area (Å²) in [5.41, 5.74) is 5.17. The minimum absolute atomic E-state index is 0.0265. The first-order valence-corrected chi connectivity index (χ1v) is 10.5. The average molecular weight is 468 g/mol. The zero-order chi connectivity index (χ0) is 21.1. The first kappa shape index (κ1) is 20.6. The predicted octanol–water partition coefficient (Wildman–Crippen LogP) is 4.38. The summed E-state index contributed by atoms with van der Waals surface area (Å²) < 4.78 is 6.32. The van der Waals surface area contributed by atoms with E-state index in [1.807, 2.05) is 24.3 Å². The molecule has 6 heteroatoms. The van der Waals surface area contributed by atoms with E-state index in [2.05, 4.69) is 45.5 Å². The fraction of sp³-hybridized carbons (Fsp3) is 0.208. The van der Waals surface area contributed by atoms with Gasteiger partial charge in [0.1, 0.15) is 18.8 Å². The van der Waals surface area contributed by atoms with Gasteiger partial charge in [-0.25, -0.2) is 4.79 Å². The molecule has 0 saturated carbocycles. The van der Waals surface area contributed by atoms with Crippen molar-refractivity contribution in [2.75, 3.05) is 13.2 Å². The van der Waals surface area contributed by atoms with Gasteiger partial charge < -0.3 is 20.3 Å². The molecule has 2 unspecified atom stereocenters. The number of carbonyl (C=O) groups excluding carboxylic acids is 1. The number of alkyl carbamates (subject to hydrolysis) is 1. The molecule has 4 rings (SSSR count). The highest BCUT2D eigenvalue weighted by atomic mass is 79.9. The number of hydrogen-bond acceptors (Lipinski definition) is 4. The van der Waals surface area contributed by atoms with E-state index in [9.17, 15) is 15.0 Å². The van der Waals surface area contributed by atoms with Crippen LogP contribution in [0.25, 0.3) is 11.1 Å². The Bertz CT molecular complexity index is 992. The van der Waals surface area contributed by atoms with Crippen molar-refractivity contribution in [3.8, 4) is 11.1 Å². The van der Waals surface area contributed by atoms with Crippen LogP contribution in [0.4, 0.5) is 4.79 Å². The summed E-state index contributed by atoms with van der Waals surface area (Å²) in [6.07, 6.45) is -2.88. The Morgan fingerprint density at radius 2 is 1.50 bits per heavy atom. The summed E-state index contributed by atoms with van der Waals surface area (Å²) in [4.78, 5) is 12.2. The maximum Gasteiger partial charge on any atom is 0.407 e. The molecule has 5 nitrogen and oxygen atoms in total. The van der Waals surface area contributed by atoms with Crippen molar-refractivity contribution in [3.05, 3.63) is 94.0 Å². The molecule has 0 radical (unpaired) electrons. The van der Waals surface area contributed by atoms with Gasteiger partial charge in [0.05, 0.1) is 0 Å². The van der Waals surface area contributed by atoms with Crippen molar-refractivity contribution in [3.63, 3.8) is 0 Å². The second-order valence-corrected chi connectivity index (χ2v) is 8.19. The first-order valence-electron chi connectivity index (χ1n) is 9.75. The molecule has 0 aromatic heterocycles. The van der Waals surface area contributed by atoms with Crippen LogP contribution >= 0.6 is 15.9 Å². The third kappa shape index (κ3) is 4.26. The number of halogens is 1.